The summed E-state index contributed by atoms with van der Waals surface area (Å²) in [4.78, 5) is 41.2. The summed E-state index contributed by atoms with van der Waals surface area (Å²) >= 11 is 1.48. The van der Waals surface area contributed by atoms with Gasteiger partial charge >= 0.3 is 5.97 Å². The van der Waals surface area contributed by atoms with E-state index < -0.39 is 52.8 Å². The Morgan fingerprint density at radius 1 is 1.12 bits per heavy atom. The Balaban J connectivity index is 1.87. The van der Waals surface area contributed by atoms with Crippen molar-refractivity contribution in [2.45, 2.75) is 18.0 Å². The number of hydrogen-bond donors (Lipinski definition) is 1. The van der Waals surface area contributed by atoms with E-state index in [4.69, 9.17) is 4.74 Å². The number of methoxy groups -OCH3 is 1. The number of thioether (sulfide) groups is 1. The summed E-state index contributed by atoms with van der Waals surface area (Å²) in [6, 6.07) is 10.0. The smallest absolute Gasteiger partial charge is 0.326 e. The third-order valence-electron chi connectivity index (χ3n) is 6.23. The first-order valence-electron chi connectivity index (χ1n) is 10.1. The fraction of sp³-hybridized carbons (Fsp3) is 0.348. The fourth-order valence-corrected chi connectivity index (χ4v) is 5.33. The molecule has 0 spiro atoms. The van der Waals surface area contributed by atoms with Crippen molar-refractivity contribution in [3.05, 3.63) is 65.7 Å². The SMILES string of the molecule is COC(=O)[C@]1(CCSC)N[C@@H](c2ccccc2F)[C@H]2C(=O)N(c3ccc(F)cc3)C(=O)[C@H]21. The van der Waals surface area contributed by atoms with Crippen LogP contribution in [0, 0.1) is 23.5 Å². The predicted octanol–water partition coefficient (Wildman–Crippen LogP) is 3.08. The lowest BCUT2D eigenvalue weighted by atomic mass is 9.78. The van der Waals surface area contributed by atoms with Crippen molar-refractivity contribution < 1.29 is 27.9 Å². The zero-order chi connectivity index (χ0) is 23.0. The van der Waals surface area contributed by atoms with Gasteiger partial charge in [0.05, 0.1) is 24.6 Å². The normalized spacial score (nSPS) is 27.0. The summed E-state index contributed by atoms with van der Waals surface area (Å²) in [6.45, 7) is 0. The molecule has 2 amide bonds. The molecule has 0 aliphatic carbocycles. The third-order valence-corrected chi connectivity index (χ3v) is 6.84. The van der Waals surface area contributed by atoms with E-state index in [1.807, 2.05) is 6.26 Å². The molecule has 6 nitrogen and oxygen atoms in total. The summed E-state index contributed by atoms with van der Waals surface area (Å²) in [5, 5.41) is 3.13. The molecule has 2 aromatic rings. The maximum absolute atomic E-state index is 14.8. The van der Waals surface area contributed by atoms with E-state index in [1.54, 1.807) is 6.07 Å². The second-order valence-electron chi connectivity index (χ2n) is 7.84. The van der Waals surface area contributed by atoms with Gasteiger partial charge in [0.1, 0.15) is 17.2 Å². The molecule has 2 aromatic carbocycles. The number of nitrogens with zero attached hydrogens (tertiary/aromatic N) is 1. The number of anilines is 1. The molecule has 2 saturated heterocycles. The molecular weight excluding hydrogens is 438 g/mol. The fourth-order valence-electron chi connectivity index (χ4n) is 4.81. The molecule has 2 aliphatic rings. The van der Waals surface area contributed by atoms with Crippen LogP contribution in [0.15, 0.2) is 48.5 Å². The third kappa shape index (κ3) is 3.40. The van der Waals surface area contributed by atoms with Crippen molar-refractivity contribution in [2.24, 2.45) is 11.8 Å². The molecule has 0 radical (unpaired) electrons. The Hall–Kier alpha value is -2.78. The second-order valence-corrected chi connectivity index (χ2v) is 8.83. The van der Waals surface area contributed by atoms with Gasteiger partial charge in [0.25, 0.3) is 0 Å². The quantitative estimate of drug-likeness (QED) is 0.528. The first-order valence-corrected chi connectivity index (χ1v) is 11.5. The van der Waals surface area contributed by atoms with E-state index in [0.29, 0.717) is 5.75 Å². The summed E-state index contributed by atoms with van der Waals surface area (Å²) < 4.78 is 33.3. The second kappa shape index (κ2) is 8.63. The highest BCUT2D eigenvalue weighted by atomic mass is 32.2. The number of fused-ring (bicyclic) bond motifs is 1. The van der Waals surface area contributed by atoms with E-state index in [0.717, 1.165) is 17.0 Å². The number of hydrogen-bond acceptors (Lipinski definition) is 6. The van der Waals surface area contributed by atoms with E-state index in [1.165, 1.54) is 49.2 Å². The van der Waals surface area contributed by atoms with Gasteiger partial charge in [0.15, 0.2) is 0 Å². The topological polar surface area (TPSA) is 75.7 Å². The van der Waals surface area contributed by atoms with Gasteiger partial charge in [0, 0.05) is 11.6 Å². The molecular formula is C23H22F2N2O4S. The molecule has 0 unspecified atom stereocenters. The van der Waals surface area contributed by atoms with E-state index in [-0.39, 0.29) is 17.7 Å². The molecule has 0 saturated carbocycles. The Kier molecular flexibility index (Phi) is 6.05. The van der Waals surface area contributed by atoms with Gasteiger partial charge in [-0.25, -0.2) is 13.7 Å². The van der Waals surface area contributed by atoms with E-state index >= 15 is 0 Å². The minimum Gasteiger partial charge on any atom is -0.468 e. The molecule has 4 rings (SSSR count). The molecule has 9 heteroatoms. The van der Waals surface area contributed by atoms with Crippen LogP contribution in [-0.4, -0.2) is 42.4 Å². The number of imide groups is 1. The molecule has 0 bridgehead atoms. The van der Waals surface area contributed by atoms with Gasteiger partial charge in [0.2, 0.25) is 11.8 Å². The Labute approximate surface area is 188 Å². The van der Waals surface area contributed by atoms with Gasteiger partial charge in [-0.15, -0.1) is 0 Å². The summed E-state index contributed by atoms with van der Waals surface area (Å²) in [7, 11) is 1.22. The standard InChI is InChI=1S/C23H22F2N2O4S/c1-31-22(30)23(11-12-32-2)18-17(19(26-23)15-5-3-4-6-16(15)25)20(28)27(21(18)29)14-9-7-13(24)8-10-14/h3-10,17-19,26H,11-12H2,1-2H3/t17-,18-,19-,23+/m0/s1. The minimum absolute atomic E-state index is 0.194. The van der Waals surface area contributed by atoms with Crippen molar-refractivity contribution in [2.75, 3.05) is 24.0 Å². The summed E-state index contributed by atoms with van der Waals surface area (Å²) in [5.41, 5.74) is -1.11. The summed E-state index contributed by atoms with van der Waals surface area (Å²) in [5.74, 6) is -4.51. The van der Waals surface area contributed by atoms with Gasteiger partial charge in [-0.2, -0.15) is 11.8 Å². The van der Waals surface area contributed by atoms with Crippen LogP contribution in [0.4, 0.5) is 14.5 Å². The molecule has 1 N–H and O–H groups in total. The lowest BCUT2D eigenvalue weighted by Gasteiger charge is -2.32. The Morgan fingerprint density at radius 3 is 2.44 bits per heavy atom. The maximum Gasteiger partial charge on any atom is 0.326 e. The molecule has 2 fully saturated rings. The number of nitrogens with one attached hydrogen (secondary N) is 1. The molecule has 4 atom stereocenters. The molecule has 0 aromatic heterocycles. The molecule has 32 heavy (non-hydrogen) atoms. The van der Waals surface area contributed by atoms with E-state index in [9.17, 15) is 23.2 Å². The average Bonchev–Trinajstić information content (AvgIpc) is 3.27. The molecule has 168 valence electrons. The maximum atomic E-state index is 14.8. The van der Waals surface area contributed by atoms with Crippen LogP contribution >= 0.6 is 11.8 Å². The Morgan fingerprint density at radius 2 is 1.81 bits per heavy atom. The van der Waals surface area contributed by atoms with Crippen LogP contribution in [0.3, 0.4) is 0 Å². The zero-order valence-corrected chi connectivity index (χ0v) is 18.3. The van der Waals surface area contributed by atoms with Gasteiger partial charge < -0.3 is 4.74 Å². The van der Waals surface area contributed by atoms with Crippen molar-refractivity contribution in [3.63, 3.8) is 0 Å². The first kappa shape index (κ1) is 22.4. The number of carbonyl (C=O) groups excluding carboxylic acids is 3. The van der Waals surface area contributed by atoms with Crippen LogP contribution < -0.4 is 10.2 Å². The number of amides is 2. The van der Waals surface area contributed by atoms with Gasteiger partial charge in [-0.1, -0.05) is 18.2 Å². The number of carbonyl (C=O) groups is 3. The van der Waals surface area contributed by atoms with Gasteiger partial charge in [-0.3, -0.25) is 19.7 Å². The largest absolute Gasteiger partial charge is 0.468 e. The van der Waals surface area contributed by atoms with E-state index in [2.05, 4.69) is 5.32 Å². The summed E-state index contributed by atoms with van der Waals surface area (Å²) in [6.07, 6.45) is 2.07. The molecule has 2 heterocycles. The molecule has 2 aliphatic heterocycles. The van der Waals surface area contributed by atoms with Crippen molar-refractivity contribution in [1.82, 2.24) is 5.32 Å². The number of rotatable bonds is 6. The number of ether oxygens (including phenoxy) is 1. The van der Waals surface area contributed by atoms with Crippen LogP contribution in [0.1, 0.15) is 18.0 Å². The first-order chi connectivity index (χ1) is 15.4. The number of esters is 1. The highest BCUT2D eigenvalue weighted by molar-refractivity contribution is 7.98. The van der Waals surface area contributed by atoms with Crippen LogP contribution in [0.5, 0.6) is 0 Å². The van der Waals surface area contributed by atoms with Crippen molar-refractivity contribution in [3.8, 4) is 0 Å². The number of halogens is 2. The lowest BCUT2D eigenvalue weighted by molar-refractivity contribution is -0.152. The predicted molar refractivity (Wildman–Crippen MR) is 116 cm³/mol. The van der Waals surface area contributed by atoms with Crippen molar-refractivity contribution in [1.29, 1.82) is 0 Å². The van der Waals surface area contributed by atoms with Crippen molar-refractivity contribution >= 4 is 35.2 Å². The number of benzene rings is 2. The minimum atomic E-state index is -1.50. The highest BCUT2D eigenvalue weighted by Gasteiger charge is 2.68. The van der Waals surface area contributed by atoms with Crippen LogP contribution in [0.2, 0.25) is 0 Å². The van der Waals surface area contributed by atoms with Crippen LogP contribution in [-0.2, 0) is 19.1 Å². The van der Waals surface area contributed by atoms with Crippen LogP contribution in [0.25, 0.3) is 0 Å². The average molecular weight is 461 g/mol. The Bertz CT molecular complexity index is 1060. The zero-order valence-electron chi connectivity index (χ0n) is 17.5. The van der Waals surface area contributed by atoms with Gasteiger partial charge in [-0.05, 0) is 48.8 Å². The monoisotopic (exact) mass is 460 g/mol. The highest BCUT2D eigenvalue weighted by Crippen LogP contribution is 2.51. The lowest BCUT2D eigenvalue weighted by Crippen LogP contribution is -2.56.